The van der Waals surface area contributed by atoms with Crippen molar-refractivity contribution in [2.45, 2.75) is 46.1 Å². The lowest BCUT2D eigenvalue weighted by atomic mass is 9.94. The maximum atomic E-state index is 5.81. The van der Waals surface area contributed by atoms with Crippen LogP contribution < -0.4 is 5.32 Å². The van der Waals surface area contributed by atoms with Crippen molar-refractivity contribution in [3.8, 4) is 11.5 Å². The zero-order valence-corrected chi connectivity index (χ0v) is 15.1. The molecule has 0 bridgehead atoms. The van der Waals surface area contributed by atoms with E-state index in [1.54, 1.807) is 12.4 Å². The molecule has 0 saturated heterocycles. The summed E-state index contributed by atoms with van der Waals surface area (Å²) in [7, 11) is 0. The first-order valence-electron chi connectivity index (χ1n) is 8.44. The minimum atomic E-state index is -0.0539. The van der Waals surface area contributed by atoms with Gasteiger partial charge in [0.25, 0.3) is 0 Å². The lowest BCUT2D eigenvalue weighted by molar-refractivity contribution is 0.385. The fourth-order valence-electron chi connectivity index (χ4n) is 2.28. The molecule has 0 aliphatic heterocycles. The Hall–Kier alpha value is -2.76. The van der Waals surface area contributed by atoms with E-state index in [-0.39, 0.29) is 5.41 Å². The molecule has 3 aromatic heterocycles. The van der Waals surface area contributed by atoms with E-state index in [1.165, 1.54) is 0 Å². The first-order chi connectivity index (χ1) is 12.0. The number of rotatable bonds is 5. The minimum absolute atomic E-state index is 0.0539. The molecular weight excluding hydrogens is 314 g/mol. The van der Waals surface area contributed by atoms with Gasteiger partial charge >= 0.3 is 0 Å². The van der Waals surface area contributed by atoms with Crippen LogP contribution in [0.4, 0.5) is 5.82 Å². The predicted octanol–water partition coefficient (Wildman–Crippen LogP) is 4.00. The number of nitrogens with one attached hydrogen (secondary N) is 1. The summed E-state index contributed by atoms with van der Waals surface area (Å²) in [6, 6.07) is 7.65. The maximum Gasteiger partial charge on any atom is 0.213 e. The summed E-state index contributed by atoms with van der Waals surface area (Å²) in [5.41, 5.74) is 1.66. The van der Waals surface area contributed by atoms with E-state index < -0.39 is 0 Å². The molecule has 0 aliphatic rings. The zero-order valence-electron chi connectivity index (χ0n) is 15.1. The lowest BCUT2D eigenvalue weighted by Gasteiger charge is -2.13. The predicted molar refractivity (Wildman–Crippen MR) is 97.2 cm³/mol. The van der Waals surface area contributed by atoms with Crippen molar-refractivity contribution in [2.24, 2.45) is 0 Å². The SMILES string of the molecule is CCc1cc(NCc2ncc(C(C)(C)C)o2)nc(-c2ccccn2)n1. The van der Waals surface area contributed by atoms with Gasteiger partial charge in [0.1, 0.15) is 17.3 Å². The van der Waals surface area contributed by atoms with Crippen LogP contribution in [0, 0.1) is 0 Å². The molecule has 6 heteroatoms. The largest absolute Gasteiger partial charge is 0.443 e. The number of nitrogens with zero attached hydrogens (tertiary/aromatic N) is 4. The van der Waals surface area contributed by atoms with Gasteiger partial charge < -0.3 is 9.73 Å². The molecule has 0 atom stereocenters. The molecule has 0 aliphatic carbocycles. The molecule has 0 radical (unpaired) electrons. The normalized spacial score (nSPS) is 11.5. The fraction of sp³-hybridized carbons (Fsp3) is 0.368. The Kier molecular flexibility index (Phi) is 4.79. The van der Waals surface area contributed by atoms with E-state index in [0.29, 0.717) is 18.3 Å². The maximum absolute atomic E-state index is 5.81. The van der Waals surface area contributed by atoms with Crippen molar-refractivity contribution in [3.05, 3.63) is 54.0 Å². The Morgan fingerprint density at radius 3 is 2.60 bits per heavy atom. The highest BCUT2D eigenvalue weighted by molar-refractivity contribution is 5.52. The molecular formula is C19H23N5O. The molecule has 0 aromatic carbocycles. The van der Waals surface area contributed by atoms with Crippen LogP contribution in [0.1, 0.15) is 45.0 Å². The fourth-order valence-corrected chi connectivity index (χ4v) is 2.28. The van der Waals surface area contributed by atoms with E-state index >= 15 is 0 Å². The molecule has 0 saturated carbocycles. The second kappa shape index (κ2) is 7.01. The van der Waals surface area contributed by atoms with Gasteiger partial charge in [0, 0.05) is 23.4 Å². The van der Waals surface area contributed by atoms with Gasteiger partial charge in [-0.25, -0.2) is 15.0 Å². The van der Waals surface area contributed by atoms with Gasteiger partial charge in [0.2, 0.25) is 5.89 Å². The van der Waals surface area contributed by atoms with Crippen LogP contribution in [0.5, 0.6) is 0 Å². The van der Waals surface area contributed by atoms with Crippen molar-refractivity contribution in [2.75, 3.05) is 5.32 Å². The Morgan fingerprint density at radius 2 is 1.96 bits per heavy atom. The molecule has 1 N–H and O–H groups in total. The molecule has 25 heavy (non-hydrogen) atoms. The highest BCUT2D eigenvalue weighted by atomic mass is 16.4. The number of oxazole rings is 1. The number of hydrogen-bond acceptors (Lipinski definition) is 6. The number of hydrogen-bond donors (Lipinski definition) is 1. The minimum Gasteiger partial charge on any atom is -0.443 e. The summed E-state index contributed by atoms with van der Waals surface area (Å²) >= 11 is 0. The third kappa shape index (κ3) is 4.21. The van der Waals surface area contributed by atoms with E-state index in [9.17, 15) is 0 Å². The van der Waals surface area contributed by atoms with Crippen molar-refractivity contribution in [3.63, 3.8) is 0 Å². The Balaban J connectivity index is 1.79. The van der Waals surface area contributed by atoms with Crippen LogP contribution >= 0.6 is 0 Å². The van der Waals surface area contributed by atoms with Gasteiger partial charge in [-0.1, -0.05) is 33.8 Å². The highest BCUT2D eigenvalue weighted by Gasteiger charge is 2.19. The second-order valence-electron chi connectivity index (χ2n) is 6.86. The van der Waals surface area contributed by atoms with Gasteiger partial charge in [0.05, 0.1) is 12.7 Å². The quantitative estimate of drug-likeness (QED) is 0.758. The van der Waals surface area contributed by atoms with Crippen molar-refractivity contribution < 1.29 is 4.42 Å². The Morgan fingerprint density at radius 1 is 1.12 bits per heavy atom. The molecule has 0 unspecified atom stereocenters. The summed E-state index contributed by atoms with van der Waals surface area (Å²) in [5, 5.41) is 3.28. The van der Waals surface area contributed by atoms with Crippen LogP contribution in [0.25, 0.3) is 11.5 Å². The summed E-state index contributed by atoms with van der Waals surface area (Å²) in [4.78, 5) is 17.8. The first-order valence-corrected chi connectivity index (χ1v) is 8.44. The number of aromatic nitrogens is 4. The van der Waals surface area contributed by atoms with E-state index in [4.69, 9.17) is 4.42 Å². The molecule has 6 nitrogen and oxygen atoms in total. The zero-order chi connectivity index (χ0) is 17.9. The molecule has 0 fully saturated rings. The molecule has 3 heterocycles. The second-order valence-corrected chi connectivity index (χ2v) is 6.86. The Bertz CT molecular complexity index is 837. The molecule has 3 rings (SSSR count). The third-order valence-electron chi connectivity index (χ3n) is 3.75. The van der Waals surface area contributed by atoms with Gasteiger partial charge in [-0.2, -0.15) is 0 Å². The Labute approximate surface area is 147 Å². The summed E-state index contributed by atoms with van der Waals surface area (Å²) < 4.78 is 5.81. The van der Waals surface area contributed by atoms with E-state index in [2.05, 4.69) is 52.9 Å². The monoisotopic (exact) mass is 337 g/mol. The standard InChI is InChI=1S/C19H23N5O/c1-5-13-10-16(24-18(23-13)14-8-6-7-9-20-14)21-12-17-22-11-15(25-17)19(2,3)4/h6-11H,5,12H2,1-4H3,(H,21,23,24). The summed E-state index contributed by atoms with van der Waals surface area (Å²) in [6.07, 6.45) is 4.35. The average Bonchev–Trinajstić information content (AvgIpc) is 3.10. The summed E-state index contributed by atoms with van der Waals surface area (Å²) in [5.74, 6) is 2.87. The lowest BCUT2D eigenvalue weighted by Crippen LogP contribution is -2.09. The average molecular weight is 337 g/mol. The van der Waals surface area contributed by atoms with Crippen LogP contribution in [0.15, 0.2) is 41.1 Å². The smallest absolute Gasteiger partial charge is 0.213 e. The summed E-state index contributed by atoms with van der Waals surface area (Å²) in [6.45, 7) is 8.83. The third-order valence-corrected chi connectivity index (χ3v) is 3.75. The topological polar surface area (TPSA) is 76.7 Å². The van der Waals surface area contributed by atoms with Gasteiger partial charge in [0.15, 0.2) is 5.82 Å². The van der Waals surface area contributed by atoms with Gasteiger partial charge in [-0.3, -0.25) is 4.98 Å². The highest BCUT2D eigenvalue weighted by Crippen LogP contribution is 2.23. The molecule has 130 valence electrons. The van der Waals surface area contributed by atoms with Crippen molar-refractivity contribution in [1.29, 1.82) is 0 Å². The van der Waals surface area contributed by atoms with Crippen LogP contribution in [0.2, 0.25) is 0 Å². The van der Waals surface area contributed by atoms with Gasteiger partial charge in [-0.05, 0) is 18.6 Å². The van der Waals surface area contributed by atoms with Crippen LogP contribution in [-0.2, 0) is 18.4 Å². The number of anilines is 1. The van der Waals surface area contributed by atoms with E-state index in [0.717, 1.165) is 29.4 Å². The van der Waals surface area contributed by atoms with Crippen molar-refractivity contribution >= 4 is 5.82 Å². The number of aryl methyl sites for hydroxylation is 1. The molecule has 3 aromatic rings. The van der Waals surface area contributed by atoms with E-state index in [1.807, 2.05) is 24.3 Å². The van der Waals surface area contributed by atoms with Crippen molar-refractivity contribution in [1.82, 2.24) is 19.9 Å². The van der Waals surface area contributed by atoms with Crippen LogP contribution in [0.3, 0.4) is 0 Å². The molecule has 0 spiro atoms. The number of pyridine rings is 1. The van der Waals surface area contributed by atoms with Crippen LogP contribution in [-0.4, -0.2) is 19.9 Å². The molecule has 0 amide bonds. The first kappa shape index (κ1) is 17.1. The van der Waals surface area contributed by atoms with Gasteiger partial charge in [-0.15, -0.1) is 0 Å².